The minimum absolute atomic E-state index is 0.120. The Kier molecular flexibility index (Phi) is 10.5. The van der Waals surface area contributed by atoms with Gasteiger partial charge in [0.05, 0.1) is 35.9 Å². The summed E-state index contributed by atoms with van der Waals surface area (Å²) in [5.74, 6) is -1.12. The fraction of sp³-hybridized carbons (Fsp3) is 0.696. The molecule has 2 aromatic heterocycles. The highest BCUT2D eigenvalue weighted by Gasteiger charge is 2.45. The standard InChI is InChI=1S/C23H35N8O10P/c1-22(2,3)20(33)37-10-39-42(35,40-11-38-21(34)23(4,5)6)12-36-7-13-14(29-30-25)16(32)19(41-13)31-9-28-15-17(24)26-8-27-18(15)31/h8-9,13-14,16,19,32H,7,10-12H2,1-6H3,(H2,24,26,27)/t13-,14+,16?,19-/m1/s1. The molecule has 0 spiro atoms. The van der Waals surface area contributed by atoms with Crippen LogP contribution in [0.3, 0.4) is 0 Å². The lowest BCUT2D eigenvalue weighted by molar-refractivity contribution is -0.162. The number of aromatic nitrogens is 4. The van der Waals surface area contributed by atoms with E-state index in [9.17, 15) is 19.3 Å². The van der Waals surface area contributed by atoms with Gasteiger partial charge in [-0.1, -0.05) is 5.11 Å². The quantitative estimate of drug-likeness (QED) is 0.0871. The summed E-state index contributed by atoms with van der Waals surface area (Å²) >= 11 is 0. The molecular weight excluding hydrogens is 579 g/mol. The third-order valence-corrected chi connectivity index (χ3v) is 7.31. The van der Waals surface area contributed by atoms with Crippen LogP contribution in [0.5, 0.6) is 0 Å². The third kappa shape index (κ3) is 8.13. The van der Waals surface area contributed by atoms with Gasteiger partial charge in [-0.3, -0.25) is 27.8 Å². The Morgan fingerprint density at radius 1 is 1.12 bits per heavy atom. The molecule has 42 heavy (non-hydrogen) atoms. The lowest BCUT2D eigenvalue weighted by Crippen LogP contribution is -2.32. The zero-order valence-corrected chi connectivity index (χ0v) is 25.0. The van der Waals surface area contributed by atoms with Crippen molar-refractivity contribution >= 4 is 36.5 Å². The summed E-state index contributed by atoms with van der Waals surface area (Å²) in [4.78, 5) is 39.1. The summed E-state index contributed by atoms with van der Waals surface area (Å²) in [5, 5.41) is 14.5. The number of anilines is 1. The third-order valence-electron chi connectivity index (χ3n) is 5.82. The van der Waals surface area contributed by atoms with E-state index >= 15 is 0 Å². The molecule has 1 unspecified atom stereocenters. The van der Waals surface area contributed by atoms with Crippen LogP contribution in [0, 0.1) is 10.8 Å². The van der Waals surface area contributed by atoms with E-state index in [-0.39, 0.29) is 23.6 Å². The van der Waals surface area contributed by atoms with Crippen molar-refractivity contribution in [3.8, 4) is 0 Å². The fourth-order valence-electron chi connectivity index (χ4n) is 3.50. The number of fused-ring (bicyclic) bond motifs is 1. The average Bonchev–Trinajstić information content (AvgIpc) is 3.45. The van der Waals surface area contributed by atoms with Crippen LogP contribution in [0.25, 0.3) is 21.6 Å². The summed E-state index contributed by atoms with van der Waals surface area (Å²) in [7, 11) is -4.19. The molecule has 3 heterocycles. The van der Waals surface area contributed by atoms with Crippen LogP contribution in [0.15, 0.2) is 17.8 Å². The predicted octanol–water partition coefficient (Wildman–Crippen LogP) is 2.64. The molecule has 0 radical (unpaired) electrons. The molecule has 0 aliphatic carbocycles. The van der Waals surface area contributed by atoms with Gasteiger partial charge in [0.1, 0.15) is 24.3 Å². The van der Waals surface area contributed by atoms with Crippen LogP contribution in [-0.2, 0) is 42.1 Å². The van der Waals surface area contributed by atoms with E-state index in [0.29, 0.717) is 0 Å². The lowest BCUT2D eigenvalue weighted by Gasteiger charge is -2.22. The van der Waals surface area contributed by atoms with Crippen LogP contribution >= 0.6 is 7.60 Å². The number of azide groups is 1. The monoisotopic (exact) mass is 614 g/mol. The summed E-state index contributed by atoms with van der Waals surface area (Å²) in [6, 6.07) is -1.13. The molecule has 1 saturated heterocycles. The minimum atomic E-state index is -4.19. The number of ether oxygens (including phenoxy) is 4. The highest BCUT2D eigenvalue weighted by Crippen LogP contribution is 2.48. The number of hydrogen-bond donors (Lipinski definition) is 2. The topological polar surface area (TPSA) is 245 Å². The molecule has 0 saturated carbocycles. The van der Waals surface area contributed by atoms with E-state index in [1.165, 1.54) is 17.2 Å². The van der Waals surface area contributed by atoms with Crippen molar-refractivity contribution in [2.75, 3.05) is 32.3 Å². The van der Waals surface area contributed by atoms with E-state index in [1.54, 1.807) is 41.5 Å². The molecule has 0 aromatic carbocycles. The molecule has 18 nitrogen and oxygen atoms in total. The Hall–Kier alpha value is -3.37. The van der Waals surface area contributed by atoms with Gasteiger partial charge < -0.3 is 29.8 Å². The van der Waals surface area contributed by atoms with Crippen LogP contribution < -0.4 is 5.73 Å². The number of nitrogen functional groups attached to an aromatic ring is 1. The largest absolute Gasteiger partial charge is 0.438 e. The van der Waals surface area contributed by atoms with Crippen molar-refractivity contribution in [3.05, 3.63) is 23.1 Å². The van der Waals surface area contributed by atoms with Gasteiger partial charge in [0.2, 0.25) is 13.6 Å². The van der Waals surface area contributed by atoms with Gasteiger partial charge in [-0.15, -0.1) is 0 Å². The maximum atomic E-state index is 13.4. The molecule has 232 valence electrons. The summed E-state index contributed by atoms with van der Waals surface area (Å²) in [6.07, 6.45) is -1.61. The molecular formula is C23H35N8O10P. The predicted molar refractivity (Wildman–Crippen MR) is 144 cm³/mol. The summed E-state index contributed by atoms with van der Waals surface area (Å²) in [6.45, 7) is 7.93. The highest BCUT2D eigenvalue weighted by molar-refractivity contribution is 7.53. The van der Waals surface area contributed by atoms with Gasteiger partial charge in [-0.05, 0) is 47.1 Å². The maximum absolute atomic E-state index is 13.4. The van der Waals surface area contributed by atoms with Crippen molar-refractivity contribution in [2.24, 2.45) is 15.9 Å². The Morgan fingerprint density at radius 2 is 1.71 bits per heavy atom. The van der Waals surface area contributed by atoms with E-state index in [1.807, 2.05) is 0 Å². The number of aliphatic hydroxyl groups excluding tert-OH is 1. The van der Waals surface area contributed by atoms with Crippen molar-refractivity contribution < 1.29 is 47.3 Å². The van der Waals surface area contributed by atoms with Crippen LogP contribution in [-0.4, -0.2) is 81.4 Å². The molecule has 0 amide bonds. The molecule has 3 rings (SSSR count). The summed E-state index contributed by atoms with van der Waals surface area (Å²) in [5.41, 5.74) is 13.8. The number of esters is 2. The number of carbonyl (C=O) groups excluding carboxylic acids is 2. The second-order valence-corrected chi connectivity index (χ2v) is 13.3. The molecule has 1 aliphatic rings. The zero-order chi connectivity index (χ0) is 31.3. The smallest absolute Gasteiger partial charge is 0.361 e. The van der Waals surface area contributed by atoms with E-state index in [0.717, 1.165) is 0 Å². The first kappa shape index (κ1) is 33.1. The molecule has 2 aromatic rings. The van der Waals surface area contributed by atoms with Crippen molar-refractivity contribution in [1.82, 2.24) is 19.5 Å². The van der Waals surface area contributed by atoms with Crippen LogP contribution in [0.4, 0.5) is 5.82 Å². The van der Waals surface area contributed by atoms with Crippen molar-refractivity contribution in [2.45, 2.75) is 66.0 Å². The van der Waals surface area contributed by atoms with Gasteiger partial charge >= 0.3 is 19.5 Å². The second kappa shape index (κ2) is 13.3. The number of carbonyl (C=O) groups is 2. The Bertz CT molecular complexity index is 1330. The normalized spacial score (nSPS) is 21.2. The first-order valence-electron chi connectivity index (χ1n) is 12.7. The second-order valence-electron chi connectivity index (χ2n) is 11.3. The summed E-state index contributed by atoms with van der Waals surface area (Å²) < 4.78 is 46.7. The average molecular weight is 615 g/mol. The lowest BCUT2D eigenvalue weighted by atomic mass is 9.98. The number of hydrogen-bond acceptors (Lipinski definition) is 15. The van der Waals surface area contributed by atoms with Crippen LogP contribution in [0.1, 0.15) is 47.8 Å². The molecule has 19 heteroatoms. The number of rotatable bonds is 12. The first-order chi connectivity index (χ1) is 19.6. The Labute approximate surface area is 240 Å². The first-order valence-corrected chi connectivity index (χ1v) is 14.4. The molecule has 1 aliphatic heterocycles. The van der Waals surface area contributed by atoms with Gasteiger partial charge in [0, 0.05) is 4.91 Å². The molecule has 1 fully saturated rings. The Balaban J connectivity index is 1.69. The fourth-order valence-corrected chi connectivity index (χ4v) is 4.48. The van der Waals surface area contributed by atoms with Gasteiger partial charge in [-0.2, -0.15) is 0 Å². The molecule has 4 atom stereocenters. The number of imidazole rings is 1. The molecule has 0 bridgehead atoms. The van der Waals surface area contributed by atoms with Gasteiger partial charge in [0.15, 0.2) is 17.7 Å². The van der Waals surface area contributed by atoms with Crippen LogP contribution in [0.2, 0.25) is 0 Å². The molecule has 3 N–H and O–H groups in total. The van der Waals surface area contributed by atoms with E-state index in [2.05, 4.69) is 25.0 Å². The minimum Gasteiger partial charge on any atom is -0.438 e. The van der Waals surface area contributed by atoms with E-state index in [4.69, 9.17) is 39.3 Å². The maximum Gasteiger partial charge on any atom is 0.361 e. The van der Waals surface area contributed by atoms with E-state index < -0.39 is 74.8 Å². The SMILES string of the molecule is CC(C)(C)C(=O)OCOP(=O)(COC[C@H]1O[C@@H](n2cnc3c(N)ncnc32)C(O)[C@H]1N=[N+]=[N-])OCOC(=O)C(C)(C)C. The number of aliphatic hydroxyl groups is 1. The number of nitrogens with zero attached hydrogens (tertiary/aromatic N) is 7. The van der Waals surface area contributed by atoms with Crippen molar-refractivity contribution in [3.63, 3.8) is 0 Å². The zero-order valence-electron chi connectivity index (χ0n) is 24.1. The Morgan fingerprint density at radius 3 is 2.26 bits per heavy atom. The highest BCUT2D eigenvalue weighted by atomic mass is 31.2. The van der Waals surface area contributed by atoms with Crippen molar-refractivity contribution in [1.29, 1.82) is 0 Å². The van der Waals surface area contributed by atoms with Gasteiger partial charge in [0.25, 0.3) is 0 Å². The van der Waals surface area contributed by atoms with Gasteiger partial charge in [-0.25, -0.2) is 15.0 Å². The number of nitrogens with two attached hydrogens (primary N) is 1.